The largest absolute Gasteiger partial charge is 0.434 e. The lowest BCUT2D eigenvalue weighted by molar-refractivity contribution is 0.114. The number of nitrogen functional groups attached to an aromatic ring is 1. The zero-order valence-corrected chi connectivity index (χ0v) is 13.0. The number of hydrogen-bond acceptors (Lipinski definition) is 4. The van der Waals surface area contributed by atoms with Gasteiger partial charge < -0.3 is 15.5 Å². The molecule has 0 saturated carbocycles. The standard InChI is InChI=1S/C18H21N3O2/c19-16-10-9-15(14-7-3-1-4-8-14)13-17(16)20-23-18(22)21-11-5-2-6-12-21/h1,3-4,7-10,13,20H,2,5-6,11-12,19H2. The molecule has 0 bridgehead atoms. The lowest BCUT2D eigenvalue weighted by atomic mass is 10.0. The molecule has 0 aliphatic carbocycles. The minimum Gasteiger partial charge on any atom is -0.397 e. The number of carbonyl (C=O) groups excluding carboxylic acids is 1. The Hall–Kier alpha value is -2.69. The monoisotopic (exact) mass is 311 g/mol. The normalized spacial score (nSPS) is 14.3. The maximum atomic E-state index is 12.0. The van der Waals surface area contributed by atoms with Gasteiger partial charge in [-0.15, -0.1) is 0 Å². The SMILES string of the molecule is Nc1ccc(-c2ccccc2)cc1NOC(=O)N1CCCCC1. The molecule has 5 nitrogen and oxygen atoms in total. The van der Waals surface area contributed by atoms with Crippen LogP contribution in [0, 0.1) is 0 Å². The highest BCUT2D eigenvalue weighted by molar-refractivity contribution is 5.77. The number of amides is 1. The van der Waals surface area contributed by atoms with Crippen molar-refractivity contribution in [1.29, 1.82) is 0 Å². The summed E-state index contributed by atoms with van der Waals surface area (Å²) in [6.45, 7) is 1.50. The van der Waals surface area contributed by atoms with E-state index < -0.39 is 0 Å². The van der Waals surface area contributed by atoms with Gasteiger partial charge >= 0.3 is 6.09 Å². The first-order valence-corrected chi connectivity index (χ1v) is 7.91. The zero-order chi connectivity index (χ0) is 16.1. The molecule has 1 heterocycles. The molecule has 0 unspecified atom stereocenters. The van der Waals surface area contributed by atoms with Gasteiger partial charge in [0.05, 0.1) is 11.4 Å². The summed E-state index contributed by atoms with van der Waals surface area (Å²) >= 11 is 0. The molecule has 1 fully saturated rings. The van der Waals surface area contributed by atoms with Crippen molar-refractivity contribution in [3.63, 3.8) is 0 Å². The Labute approximate surface area is 136 Å². The van der Waals surface area contributed by atoms with Crippen molar-refractivity contribution in [3.8, 4) is 11.1 Å². The molecule has 1 aliphatic rings. The van der Waals surface area contributed by atoms with E-state index in [-0.39, 0.29) is 6.09 Å². The third kappa shape index (κ3) is 3.74. The summed E-state index contributed by atoms with van der Waals surface area (Å²) in [4.78, 5) is 19.0. The Kier molecular flexibility index (Phi) is 4.66. The van der Waals surface area contributed by atoms with Gasteiger partial charge in [0.15, 0.2) is 0 Å². The fourth-order valence-corrected chi connectivity index (χ4v) is 2.69. The van der Waals surface area contributed by atoms with Crippen LogP contribution in [0.2, 0.25) is 0 Å². The minimum absolute atomic E-state index is 0.353. The highest BCUT2D eigenvalue weighted by Gasteiger charge is 2.18. The van der Waals surface area contributed by atoms with Crippen molar-refractivity contribution in [1.82, 2.24) is 4.90 Å². The number of hydrogen-bond donors (Lipinski definition) is 2. The van der Waals surface area contributed by atoms with Crippen molar-refractivity contribution in [2.24, 2.45) is 0 Å². The number of nitrogens with one attached hydrogen (secondary N) is 1. The predicted molar refractivity (Wildman–Crippen MR) is 91.8 cm³/mol. The van der Waals surface area contributed by atoms with Crippen molar-refractivity contribution in [3.05, 3.63) is 48.5 Å². The summed E-state index contributed by atoms with van der Waals surface area (Å²) in [6, 6.07) is 15.6. The Morgan fingerprint density at radius 2 is 1.74 bits per heavy atom. The molecule has 0 spiro atoms. The summed E-state index contributed by atoms with van der Waals surface area (Å²) in [6.07, 6.45) is 2.87. The van der Waals surface area contributed by atoms with E-state index in [1.807, 2.05) is 42.5 Å². The first-order valence-electron chi connectivity index (χ1n) is 7.91. The number of benzene rings is 2. The molecule has 23 heavy (non-hydrogen) atoms. The molecule has 2 aromatic rings. The average Bonchev–Trinajstić information content (AvgIpc) is 2.62. The van der Waals surface area contributed by atoms with Gasteiger partial charge in [-0.05, 0) is 42.5 Å². The molecule has 1 aliphatic heterocycles. The van der Waals surface area contributed by atoms with Crippen molar-refractivity contribution >= 4 is 17.5 Å². The molecule has 3 N–H and O–H groups in total. The molecule has 0 atom stereocenters. The molecular formula is C18H21N3O2. The van der Waals surface area contributed by atoms with E-state index >= 15 is 0 Å². The molecule has 0 aromatic heterocycles. The van der Waals surface area contributed by atoms with Crippen LogP contribution in [0.5, 0.6) is 0 Å². The van der Waals surface area contributed by atoms with E-state index in [0.717, 1.165) is 37.1 Å². The summed E-state index contributed by atoms with van der Waals surface area (Å²) in [5.74, 6) is 0. The molecule has 5 heteroatoms. The third-order valence-corrected chi connectivity index (χ3v) is 4.02. The molecule has 120 valence electrons. The summed E-state index contributed by atoms with van der Waals surface area (Å²) in [5.41, 5.74) is 11.9. The van der Waals surface area contributed by atoms with Crippen molar-refractivity contribution in [2.75, 3.05) is 24.3 Å². The molecule has 1 saturated heterocycles. The van der Waals surface area contributed by atoms with E-state index in [9.17, 15) is 4.79 Å². The van der Waals surface area contributed by atoms with Crippen LogP contribution in [0.15, 0.2) is 48.5 Å². The second-order valence-corrected chi connectivity index (χ2v) is 5.69. The van der Waals surface area contributed by atoms with E-state index in [4.69, 9.17) is 10.6 Å². The summed E-state index contributed by atoms with van der Waals surface area (Å²) in [5, 5.41) is 0. The average molecular weight is 311 g/mol. The second-order valence-electron chi connectivity index (χ2n) is 5.69. The fraction of sp³-hybridized carbons (Fsp3) is 0.278. The maximum absolute atomic E-state index is 12.0. The maximum Gasteiger partial charge on any atom is 0.434 e. The number of anilines is 2. The third-order valence-electron chi connectivity index (χ3n) is 4.02. The Balaban J connectivity index is 1.68. The number of nitrogens with zero attached hydrogens (tertiary/aromatic N) is 1. The fourth-order valence-electron chi connectivity index (χ4n) is 2.69. The van der Waals surface area contributed by atoms with Gasteiger partial charge in [0.1, 0.15) is 0 Å². The van der Waals surface area contributed by atoms with E-state index in [1.54, 1.807) is 11.0 Å². The minimum atomic E-state index is -0.353. The van der Waals surface area contributed by atoms with Crippen LogP contribution in [0.25, 0.3) is 11.1 Å². The number of carbonyl (C=O) groups is 1. The topological polar surface area (TPSA) is 67.6 Å². The predicted octanol–water partition coefficient (Wildman–Crippen LogP) is 3.89. The highest BCUT2D eigenvalue weighted by atomic mass is 16.7. The van der Waals surface area contributed by atoms with Crippen molar-refractivity contribution in [2.45, 2.75) is 19.3 Å². The van der Waals surface area contributed by atoms with Crippen molar-refractivity contribution < 1.29 is 9.63 Å². The zero-order valence-electron chi connectivity index (χ0n) is 13.0. The lowest BCUT2D eigenvalue weighted by Crippen LogP contribution is -2.37. The van der Waals surface area contributed by atoms with Crippen LogP contribution in [0.1, 0.15) is 19.3 Å². The van der Waals surface area contributed by atoms with E-state index in [0.29, 0.717) is 11.4 Å². The van der Waals surface area contributed by atoms with Gasteiger partial charge in [-0.25, -0.2) is 10.3 Å². The molecular weight excluding hydrogens is 290 g/mol. The molecule has 2 aromatic carbocycles. The van der Waals surface area contributed by atoms with E-state index in [2.05, 4.69) is 5.48 Å². The summed E-state index contributed by atoms with van der Waals surface area (Å²) in [7, 11) is 0. The van der Waals surface area contributed by atoms with Gasteiger partial charge in [0, 0.05) is 13.1 Å². The van der Waals surface area contributed by atoms with Crippen LogP contribution in [-0.2, 0) is 4.84 Å². The Bertz CT molecular complexity index is 667. The quantitative estimate of drug-likeness (QED) is 0.666. The number of likely N-dealkylation sites (tertiary alicyclic amines) is 1. The highest BCUT2D eigenvalue weighted by Crippen LogP contribution is 2.27. The van der Waals surface area contributed by atoms with Gasteiger partial charge in [-0.3, -0.25) is 0 Å². The van der Waals surface area contributed by atoms with Crippen LogP contribution < -0.4 is 11.2 Å². The van der Waals surface area contributed by atoms with Crippen LogP contribution in [0.3, 0.4) is 0 Å². The summed E-state index contributed by atoms with van der Waals surface area (Å²) < 4.78 is 0. The Morgan fingerprint density at radius 1 is 1.00 bits per heavy atom. The number of rotatable bonds is 3. The molecule has 0 radical (unpaired) electrons. The smallest absolute Gasteiger partial charge is 0.397 e. The van der Waals surface area contributed by atoms with Crippen LogP contribution >= 0.6 is 0 Å². The lowest BCUT2D eigenvalue weighted by Gasteiger charge is -2.25. The van der Waals surface area contributed by atoms with Crippen LogP contribution in [0.4, 0.5) is 16.2 Å². The van der Waals surface area contributed by atoms with Gasteiger partial charge in [0.25, 0.3) is 0 Å². The molecule has 3 rings (SSSR count). The number of piperidine rings is 1. The first-order chi connectivity index (χ1) is 11.2. The van der Waals surface area contributed by atoms with Gasteiger partial charge in [-0.2, -0.15) is 0 Å². The van der Waals surface area contributed by atoms with Crippen LogP contribution in [-0.4, -0.2) is 24.1 Å². The van der Waals surface area contributed by atoms with E-state index in [1.165, 1.54) is 6.42 Å². The number of nitrogens with two attached hydrogens (primary N) is 1. The van der Waals surface area contributed by atoms with Gasteiger partial charge in [-0.1, -0.05) is 36.4 Å². The first kappa shape index (κ1) is 15.2. The van der Waals surface area contributed by atoms with Gasteiger partial charge in [0.2, 0.25) is 0 Å². The second kappa shape index (κ2) is 7.05. The Morgan fingerprint density at radius 3 is 2.48 bits per heavy atom. The molecule has 1 amide bonds.